The fraction of sp³-hybridized carbons (Fsp3) is 0.321. The van der Waals surface area contributed by atoms with Gasteiger partial charge in [0, 0.05) is 48.8 Å². The number of fused-ring (bicyclic) bond motifs is 2. The first-order chi connectivity index (χ1) is 33.3. The Kier molecular flexibility index (Phi) is 15.6. The van der Waals surface area contributed by atoms with Crippen molar-refractivity contribution in [3.8, 4) is 23.3 Å². The van der Waals surface area contributed by atoms with Crippen molar-refractivity contribution in [2.45, 2.75) is 75.8 Å². The second kappa shape index (κ2) is 22.3. The summed E-state index contributed by atoms with van der Waals surface area (Å²) in [6.45, 7) is 4.41. The van der Waals surface area contributed by atoms with E-state index in [0.717, 1.165) is 48.7 Å². The lowest BCUT2D eigenvalue weighted by Gasteiger charge is -2.60. The Labute approximate surface area is 396 Å². The molecule has 1 aliphatic heterocycles. The van der Waals surface area contributed by atoms with E-state index in [9.17, 15) is 24.7 Å². The highest BCUT2D eigenvalue weighted by Gasteiger charge is 2.65. The minimum Gasteiger partial charge on any atom is -0.459 e. The van der Waals surface area contributed by atoms with E-state index >= 15 is 4.79 Å². The Balaban J connectivity index is 1.36. The van der Waals surface area contributed by atoms with Crippen LogP contribution in [-0.2, 0) is 22.7 Å². The number of aliphatic hydroxyl groups is 2. The molecule has 1 fully saturated rings. The largest absolute Gasteiger partial charge is 0.459 e. The number of nitriles is 1. The Bertz CT molecular complexity index is 2650. The fourth-order valence-corrected chi connectivity index (χ4v) is 10.2. The van der Waals surface area contributed by atoms with E-state index in [4.69, 9.17) is 24.2 Å². The molecule has 0 spiro atoms. The summed E-state index contributed by atoms with van der Waals surface area (Å²) in [6, 6.07) is 36.1. The molecule has 1 amide bonds. The van der Waals surface area contributed by atoms with Crippen molar-refractivity contribution in [2.24, 2.45) is 22.9 Å². The maximum absolute atomic E-state index is 15.4. The number of carbonyl (C=O) groups is 2. The van der Waals surface area contributed by atoms with Crippen molar-refractivity contribution in [3.63, 3.8) is 0 Å². The number of unbranched alkanes of at least 4 members (excludes halogenated alkanes) is 2. The van der Waals surface area contributed by atoms with Crippen molar-refractivity contribution in [2.75, 3.05) is 19.8 Å². The van der Waals surface area contributed by atoms with E-state index < -0.39 is 23.6 Å². The number of aldehydes is 1. The molecule has 2 aliphatic carbocycles. The molecule has 0 bridgehead atoms. The van der Waals surface area contributed by atoms with Gasteiger partial charge in [0.2, 0.25) is 5.79 Å². The number of benzene rings is 5. The lowest BCUT2D eigenvalue weighted by molar-refractivity contribution is -0.255. The molecule has 1 heterocycles. The number of amides is 1. The van der Waals surface area contributed by atoms with E-state index in [1.165, 1.54) is 12.1 Å². The predicted molar refractivity (Wildman–Crippen MR) is 256 cm³/mol. The van der Waals surface area contributed by atoms with Gasteiger partial charge in [-0.25, -0.2) is 4.39 Å². The lowest BCUT2D eigenvalue weighted by Crippen LogP contribution is -2.70. The van der Waals surface area contributed by atoms with Gasteiger partial charge in [-0.15, -0.1) is 6.58 Å². The fourth-order valence-electron chi connectivity index (χ4n) is 10.2. The number of hydrogen-bond donors (Lipinski definition) is 2. The van der Waals surface area contributed by atoms with E-state index in [0.29, 0.717) is 58.1 Å². The molecule has 0 unspecified atom stereocenters. The summed E-state index contributed by atoms with van der Waals surface area (Å²) in [4.78, 5) is 35.1. The van der Waals surface area contributed by atoms with Crippen LogP contribution in [0.5, 0.6) is 17.2 Å². The second-order valence-electron chi connectivity index (χ2n) is 17.6. The monoisotopic (exact) mass is 917 g/mol. The third kappa shape index (κ3) is 10.5. The van der Waals surface area contributed by atoms with Gasteiger partial charge in [-0.2, -0.15) is 5.26 Å². The summed E-state index contributed by atoms with van der Waals surface area (Å²) < 4.78 is 35.5. The zero-order chi connectivity index (χ0) is 47.5. The van der Waals surface area contributed by atoms with Crippen LogP contribution >= 0.6 is 0 Å². The zero-order valence-electron chi connectivity index (χ0n) is 37.9. The standard InChI is InChI=1S/C56H56FN3O8/c1-2-29-65-56-52(60(35-39-19-23-44(57)24-20-39)55(64)42-21-17-38(34-58)18-22-42)33-50(59-66-37-40-11-4-3-5-12-40)48-31-43(14-6-8-27-61)47(16-7-9-28-62)53(54(48)56)49-32-46(25-26-51(49)68-56)67-45-15-10-13-41(30-45)36-63/h2-5,10-13,15,17-26,30-32,36,43,47,52-54,61-62H,1,6-9,14,16,27-29,33,35,37H2/t43-,47+,52-,53+,54+,56+/m0/s1. The molecule has 5 aromatic rings. The highest BCUT2D eigenvalue weighted by molar-refractivity contribution is 6.03. The highest BCUT2D eigenvalue weighted by atomic mass is 19.1. The van der Waals surface area contributed by atoms with Gasteiger partial charge in [-0.3, -0.25) is 9.59 Å². The molecule has 68 heavy (non-hydrogen) atoms. The minimum atomic E-state index is -1.58. The van der Waals surface area contributed by atoms with Gasteiger partial charge < -0.3 is 34.2 Å². The first-order valence-corrected chi connectivity index (χ1v) is 23.3. The van der Waals surface area contributed by atoms with Crippen molar-refractivity contribution < 1.29 is 43.2 Å². The second-order valence-corrected chi connectivity index (χ2v) is 17.6. The number of ether oxygens (including phenoxy) is 3. The van der Waals surface area contributed by atoms with Crippen molar-refractivity contribution in [1.82, 2.24) is 4.90 Å². The molecular formula is C56H56FN3O8. The number of nitrogens with zero attached hydrogens (tertiary/aromatic N) is 3. The van der Waals surface area contributed by atoms with Crippen molar-refractivity contribution >= 4 is 17.9 Å². The smallest absolute Gasteiger partial charge is 0.254 e. The molecule has 350 valence electrons. The first kappa shape index (κ1) is 47.6. The molecule has 0 radical (unpaired) electrons. The predicted octanol–water partition coefficient (Wildman–Crippen LogP) is 10.5. The molecule has 2 N–H and O–H groups in total. The van der Waals surface area contributed by atoms with Crippen molar-refractivity contribution in [3.05, 3.63) is 185 Å². The van der Waals surface area contributed by atoms with Gasteiger partial charge in [0.25, 0.3) is 5.91 Å². The average molecular weight is 918 g/mol. The Hall–Kier alpha value is -6.91. The van der Waals surface area contributed by atoms with Gasteiger partial charge in [-0.1, -0.05) is 84.7 Å². The van der Waals surface area contributed by atoms with E-state index in [2.05, 4.69) is 18.7 Å². The maximum atomic E-state index is 15.4. The quantitative estimate of drug-likeness (QED) is 0.0317. The third-order valence-electron chi connectivity index (χ3n) is 13.3. The van der Waals surface area contributed by atoms with Gasteiger partial charge in [0.15, 0.2) is 0 Å². The summed E-state index contributed by atoms with van der Waals surface area (Å²) in [5.74, 6) is -1.84. The Morgan fingerprint density at radius 1 is 0.897 bits per heavy atom. The van der Waals surface area contributed by atoms with Crippen LogP contribution in [0, 0.1) is 34.9 Å². The minimum absolute atomic E-state index is 0.0140. The van der Waals surface area contributed by atoms with Crippen LogP contribution in [0.15, 0.2) is 151 Å². The molecule has 0 aromatic heterocycles. The summed E-state index contributed by atoms with van der Waals surface area (Å²) in [6.07, 6.45) is 9.04. The summed E-state index contributed by atoms with van der Waals surface area (Å²) >= 11 is 0. The van der Waals surface area contributed by atoms with Crippen LogP contribution in [0.4, 0.5) is 4.39 Å². The number of rotatable bonds is 21. The highest BCUT2D eigenvalue weighted by Crippen LogP contribution is 2.62. The number of allylic oxidation sites excluding steroid dienone is 1. The van der Waals surface area contributed by atoms with Gasteiger partial charge in [0.05, 0.1) is 29.9 Å². The van der Waals surface area contributed by atoms with Gasteiger partial charge >= 0.3 is 0 Å². The van der Waals surface area contributed by atoms with Gasteiger partial charge in [0.1, 0.15) is 42.0 Å². The van der Waals surface area contributed by atoms with E-state index in [1.807, 2.05) is 48.5 Å². The van der Waals surface area contributed by atoms with E-state index in [1.54, 1.807) is 71.6 Å². The van der Waals surface area contributed by atoms with Gasteiger partial charge in [-0.05, 0) is 121 Å². The number of hydrogen-bond acceptors (Lipinski definition) is 10. The SMILES string of the molecule is C=CCO[C@@]12Oc3ccc(Oc4cccc(C=O)c4)cc3[C@H]3[C@H](CCCCO)[C@@H](CCCCO)C=C(C(=NOCc4ccccc4)C[C@@H]1N(Cc1ccc(F)cc1)C(=O)c1ccc(C#N)cc1)[C@H]32. The molecule has 6 atom stereocenters. The van der Waals surface area contributed by atoms with Crippen molar-refractivity contribution in [1.29, 1.82) is 5.26 Å². The summed E-state index contributed by atoms with van der Waals surface area (Å²) in [5, 5.41) is 34.7. The van der Waals surface area contributed by atoms with Crippen LogP contribution in [0.1, 0.15) is 93.8 Å². The van der Waals surface area contributed by atoms with E-state index in [-0.39, 0.29) is 63.1 Å². The molecule has 8 rings (SSSR count). The number of oxime groups is 1. The van der Waals surface area contributed by atoms with Crippen LogP contribution < -0.4 is 9.47 Å². The van der Waals surface area contributed by atoms with Crippen LogP contribution in [0.2, 0.25) is 0 Å². The molecule has 0 saturated heterocycles. The number of carbonyl (C=O) groups excluding carboxylic acids is 2. The Morgan fingerprint density at radius 2 is 1.65 bits per heavy atom. The molecular weight excluding hydrogens is 862 g/mol. The topological polar surface area (TPSA) is 151 Å². The number of aliphatic hydroxyl groups excluding tert-OH is 2. The normalized spacial score (nSPS) is 21.8. The number of halogens is 1. The molecule has 5 aromatic carbocycles. The van der Waals surface area contributed by atoms with Crippen LogP contribution in [0.25, 0.3) is 0 Å². The molecule has 3 aliphatic rings. The summed E-state index contributed by atoms with van der Waals surface area (Å²) in [7, 11) is 0. The maximum Gasteiger partial charge on any atom is 0.254 e. The molecule has 11 nitrogen and oxygen atoms in total. The summed E-state index contributed by atoms with van der Waals surface area (Å²) in [5.41, 5.74) is 5.11. The first-order valence-electron chi connectivity index (χ1n) is 23.3. The lowest BCUT2D eigenvalue weighted by atomic mass is 9.55. The van der Waals surface area contributed by atoms with Crippen LogP contribution in [-0.4, -0.2) is 64.7 Å². The zero-order valence-corrected chi connectivity index (χ0v) is 37.9. The third-order valence-corrected chi connectivity index (χ3v) is 13.3. The molecule has 1 saturated carbocycles. The Morgan fingerprint density at radius 3 is 2.37 bits per heavy atom. The van der Waals surface area contributed by atoms with Crippen LogP contribution in [0.3, 0.4) is 0 Å². The molecule has 12 heteroatoms. The average Bonchev–Trinajstić information content (AvgIpc) is 3.37.